The first-order valence-electron chi connectivity index (χ1n) is 6.17. The number of hydrogen-bond acceptors (Lipinski definition) is 4. The van der Waals surface area contributed by atoms with Gasteiger partial charge in [-0.15, -0.1) is 10.2 Å². The number of benzene rings is 1. The van der Waals surface area contributed by atoms with Crippen LogP contribution in [0.15, 0.2) is 27.8 Å². The summed E-state index contributed by atoms with van der Waals surface area (Å²) < 4.78 is 16.1. The molecule has 0 unspecified atom stereocenters. The van der Waals surface area contributed by atoms with Gasteiger partial charge in [0.15, 0.2) is 5.16 Å². The molecule has 2 aromatic rings. The molecule has 0 radical (unpaired) electrons. The van der Waals surface area contributed by atoms with Crippen molar-refractivity contribution >= 4 is 39.3 Å². The summed E-state index contributed by atoms with van der Waals surface area (Å²) in [5, 5.41) is 10.7. The van der Waals surface area contributed by atoms with E-state index in [0.717, 1.165) is 5.82 Å². The van der Waals surface area contributed by atoms with Gasteiger partial charge in [0.25, 0.3) is 0 Å². The maximum Gasteiger partial charge on any atom is 0.237 e. The largest absolute Gasteiger partial charge is 0.323 e. The predicted molar refractivity (Wildman–Crippen MR) is 83.8 cm³/mol. The molecule has 1 N–H and O–H groups in total. The van der Waals surface area contributed by atoms with E-state index in [2.05, 4.69) is 31.4 Å². The molecule has 8 heteroatoms. The van der Waals surface area contributed by atoms with Crippen LogP contribution in [0, 0.1) is 12.7 Å². The van der Waals surface area contributed by atoms with E-state index in [9.17, 15) is 9.18 Å². The van der Waals surface area contributed by atoms with Crippen molar-refractivity contribution < 1.29 is 9.18 Å². The second kappa shape index (κ2) is 6.57. The lowest BCUT2D eigenvalue weighted by Gasteiger charge is -2.12. The molecule has 5 nitrogen and oxygen atoms in total. The van der Waals surface area contributed by atoms with Crippen LogP contribution in [0.25, 0.3) is 0 Å². The Kier molecular flexibility index (Phi) is 5.00. The second-order valence-electron chi connectivity index (χ2n) is 4.46. The number of carbonyl (C=O) groups excluding carboxylic acids is 1. The molecule has 0 aliphatic carbocycles. The van der Waals surface area contributed by atoms with E-state index >= 15 is 0 Å². The van der Waals surface area contributed by atoms with Crippen LogP contribution in [0.1, 0.15) is 12.7 Å². The summed E-state index contributed by atoms with van der Waals surface area (Å²) in [5.41, 5.74) is 0.157. The fourth-order valence-corrected chi connectivity index (χ4v) is 2.72. The lowest BCUT2D eigenvalue weighted by atomic mass is 10.3. The molecular weight excluding hydrogens is 359 g/mol. The second-order valence-corrected chi connectivity index (χ2v) is 6.69. The molecule has 0 aliphatic rings. The number of anilines is 1. The standard InChI is InChI=1S/C13H14BrFN4OS/c1-7(21-13-18-17-8(2)19(13)3)12(20)16-11-5-4-9(14)6-10(11)15/h4-7H,1-3H3,(H,16,20)/t7-/m0/s1. The highest BCUT2D eigenvalue weighted by Gasteiger charge is 2.19. The minimum absolute atomic E-state index is 0.157. The zero-order valence-electron chi connectivity index (χ0n) is 11.7. The Balaban J connectivity index is 2.04. The normalized spacial score (nSPS) is 12.2. The van der Waals surface area contributed by atoms with Gasteiger partial charge in [-0.3, -0.25) is 4.79 Å². The van der Waals surface area contributed by atoms with Crippen LogP contribution in [0.3, 0.4) is 0 Å². The van der Waals surface area contributed by atoms with Gasteiger partial charge in [-0.2, -0.15) is 0 Å². The summed E-state index contributed by atoms with van der Waals surface area (Å²) in [5.74, 6) is -0.00429. The SMILES string of the molecule is Cc1nnc(S[C@@H](C)C(=O)Nc2ccc(Br)cc2F)n1C. The molecule has 0 fully saturated rings. The summed E-state index contributed by atoms with van der Waals surface area (Å²) in [7, 11) is 1.83. The summed E-state index contributed by atoms with van der Waals surface area (Å²) in [4.78, 5) is 12.1. The zero-order chi connectivity index (χ0) is 15.6. The van der Waals surface area contributed by atoms with E-state index in [1.165, 1.54) is 23.9 Å². The fraction of sp³-hybridized carbons (Fsp3) is 0.308. The van der Waals surface area contributed by atoms with Gasteiger partial charge in [0.2, 0.25) is 5.91 Å². The van der Waals surface area contributed by atoms with E-state index in [1.54, 1.807) is 17.6 Å². The molecule has 0 aliphatic heterocycles. The number of rotatable bonds is 4. The van der Waals surface area contributed by atoms with Crippen LogP contribution < -0.4 is 5.32 Å². The molecular formula is C13H14BrFN4OS. The maximum absolute atomic E-state index is 13.7. The number of nitrogens with one attached hydrogen (secondary N) is 1. The Morgan fingerprint density at radius 1 is 1.48 bits per heavy atom. The first-order chi connectivity index (χ1) is 9.88. The fourth-order valence-electron chi connectivity index (χ4n) is 1.53. The average Bonchev–Trinajstić information content (AvgIpc) is 2.73. The first-order valence-corrected chi connectivity index (χ1v) is 7.84. The molecule has 1 aromatic carbocycles. The van der Waals surface area contributed by atoms with Crippen molar-refractivity contribution in [1.29, 1.82) is 0 Å². The molecule has 2 rings (SSSR count). The van der Waals surface area contributed by atoms with Crippen LogP contribution in [0.2, 0.25) is 0 Å². The summed E-state index contributed by atoms with van der Waals surface area (Å²) in [6.07, 6.45) is 0. The maximum atomic E-state index is 13.7. The lowest BCUT2D eigenvalue weighted by molar-refractivity contribution is -0.115. The number of halogens is 2. The summed E-state index contributed by atoms with van der Waals surface area (Å²) in [6, 6.07) is 4.49. The number of aromatic nitrogens is 3. The molecule has 1 amide bonds. The van der Waals surface area contributed by atoms with Crippen LogP contribution in [-0.2, 0) is 11.8 Å². The average molecular weight is 373 g/mol. The summed E-state index contributed by atoms with van der Waals surface area (Å²) in [6.45, 7) is 3.57. The Labute approximate surface area is 134 Å². The molecule has 21 heavy (non-hydrogen) atoms. The molecule has 0 saturated carbocycles. The van der Waals surface area contributed by atoms with E-state index < -0.39 is 11.1 Å². The van der Waals surface area contributed by atoms with Gasteiger partial charge < -0.3 is 9.88 Å². The van der Waals surface area contributed by atoms with Gasteiger partial charge >= 0.3 is 0 Å². The third kappa shape index (κ3) is 3.82. The Morgan fingerprint density at radius 2 is 2.19 bits per heavy atom. The molecule has 0 saturated heterocycles. The number of thioether (sulfide) groups is 1. The minimum Gasteiger partial charge on any atom is -0.323 e. The van der Waals surface area contributed by atoms with Gasteiger partial charge in [-0.1, -0.05) is 27.7 Å². The van der Waals surface area contributed by atoms with Crippen LogP contribution in [0.4, 0.5) is 10.1 Å². The third-order valence-corrected chi connectivity index (χ3v) is 4.52. The highest BCUT2D eigenvalue weighted by Crippen LogP contribution is 2.24. The minimum atomic E-state index is -0.482. The number of nitrogens with zero attached hydrogens (tertiary/aromatic N) is 3. The zero-order valence-corrected chi connectivity index (χ0v) is 14.1. The van der Waals surface area contributed by atoms with Gasteiger partial charge in [0.05, 0.1) is 10.9 Å². The highest BCUT2D eigenvalue weighted by atomic mass is 79.9. The van der Waals surface area contributed by atoms with E-state index in [-0.39, 0.29) is 11.6 Å². The number of amides is 1. The molecule has 1 atom stereocenters. The van der Waals surface area contributed by atoms with Crippen molar-refractivity contribution in [2.45, 2.75) is 24.3 Å². The Bertz CT molecular complexity index is 676. The van der Waals surface area contributed by atoms with Crippen LogP contribution in [-0.4, -0.2) is 25.9 Å². The molecule has 0 spiro atoms. The first kappa shape index (κ1) is 16.0. The van der Waals surface area contributed by atoms with Gasteiger partial charge in [-0.05, 0) is 32.0 Å². The van der Waals surface area contributed by atoms with Crippen molar-refractivity contribution in [2.24, 2.45) is 7.05 Å². The van der Waals surface area contributed by atoms with Crippen molar-refractivity contribution in [1.82, 2.24) is 14.8 Å². The van der Waals surface area contributed by atoms with E-state index in [1.807, 2.05) is 14.0 Å². The van der Waals surface area contributed by atoms with Crippen LogP contribution >= 0.6 is 27.7 Å². The highest BCUT2D eigenvalue weighted by molar-refractivity contribution is 9.10. The smallest absolute Gasteiger partial charge is 0.237 e. The number of carbonyl (C=O) groups is 1. The van der Waals surface area contributed by atoms with E-state index in [4.69, 9.17) is 0 Å². The van der Waals surface area contributed by atoms with Crippen molar-refractivity contribution in [3.8, 4) is 0 Å². The predicted octanol–water partition coefficient (Wildman–Crippen LogP) is 3.14. The van der Waals surface area contributed by atoms with E-state index in [0.29, 0.717) is 9.63 Å². The third-order valence-electron chi connectivity index (χ3n) is 2.89. The molecule has 0 bridgehead atoms. The van der Waals surface area contributed by atoms with Crippen molar-refractivity contribution in [3.05, 3.63) is 34.3 Å². The molecule has 1 heterocycles. The number of aryl methyl sites for hydroxylation is 1. The van der Waals surface area contributed by atoms with Crippen molar-refractivity contribution in [2.75, 3.05) is 5.32 Å². The van der Waals surface area contributed by atoms with Gasteiger partial charge in [0, 0.05) is 11.5 Å². The lowest BCUT2D eigenvalue weighted by Crippen LogP contribution is -2.23. The molecule has 1 aromatic heterocycles. The Hall–Kier alpha value is -1.41. The van der Waals surface area contributed by atoms with Crippen molar-refractivity contribution in [3.63, 3.8) is 0 Å². The van der Waals surface area contributed by atoms with Crippen LogP contribution in [0.5, 0.6) is 0 Å². The topological polar surface area (TPSA) is 59.8 Å². The van der Waals surface area contributed by atoms with Gasteiger partial charge in [0.1, 0.15) is 11.6 Å². The summed E-state index contributed by atoms with van der Waals surface area (Å²) >= 11 is 4.44. The monoisotopic (exact) mass is 372 g/mol. The quantitative estimate of drug-likeness (QED) is 0.837. The molecule has 112 valence electrons. The number of hydrogen-bond donors (Lipinski definition) is 1. The Morgan fingerprint density at radius 3 is 2.76 bits per heavy atom. The van der Waals surface area contributed by atoms with Gasteiger partial charge in [-0.25, -0.2) is 4.39 Å².